The van der Waals surface area contributed by atoms with E-state index in [0.717, 1.165) is 24.3 Å². The van der Waals surface area contributed by atoms with Gasteiger partial charge in [0.2, 0.25) is 5.88 Å². The van der Waals surface area contributed by atoms with Crippen LogP contribution in [0.4, 0.5) is 5.82 Å². The number of piperidine rings is 1. The molecule has 17 heavy (non-hydrogen) atoms. The van der Waals surface area contributed by atoms with Crippen LogP contribution in [0.3, 0.4) is 0 Å². The first kappa shape index (κ1) is 12.4. The van der Waals surface area contributed by atoms with Gasteiger partial charge in [0.05, 0.1) is 12.7 Å². The van der Waals surface area contributed by atoms with Crippen molar-refractivity contribution in [1.82, 2.24) is 9.97 Å². The SMILES string of the molecule is COc1ncnc(N2CCCCC2CCl)c1C. The average molecular weight is 256 g/mol. The van der Waals surface area contributed by atoms with Crippen LogP contribution in [-0.4, -0.2) is 35.5 Å². The average Bonchev–Trinajstić information content (AvgIpc) is 2.39. The van der Waals surface area contributed by atoms with Crippen LogP contribution in [0.2, 0.25) is 0 Å². The summed E-state index contributed by atoms with van der Waals surface area (Å²) in [7, 11) is 1.63. The molecule has 1 unspecified atom stereocenters. The van der Waals surface area contributed by atoms with Crippen molar-refractivity contribution < 1.29 is 4.74 Å². The van der Waals surface area contributed by atoms with Crippen molar-refractivity contribution >= 4 is 17.4 Å². The number of anilines is 1. The Balaban J connectivity index is 2.31. The molecule has 94 valence electrons. The Bertz CT molecular complexity index is 386. The maximum absolute atomic E-state index is 6.03. The number of aromatic nitrogens is 2. The quantitative estimate of drug-likeness (QED) is 0.778. The Kier molecular flexibility index (Phi) is 4.05. The predicted molar refractivity (Wildman–Crippen MR) is 69.0 cm³/mol. The number of ether oxygens (including phenoxy) is 1. The fraction of sp³-hybridized carbons (Fsp3) is 0.667. The molecular weight excluding hydrogens is 238 g/mol. The lowest BCUT2D eigenvalue weighted by molar-refractivity contribution is 0.392. The van der Waals surface area contributed by atoms with Gasteiger partial charge in [0.1, 0.15) is 12.1 Å². The van der Waals surface area contributed by atoms with Crippen LogP contribution in [-0.2, 0) is 0 Å². The third-order valence-electron chi connectivity index (χ3n) is 3.28. The van der Waals surface area contributed by atoms with E-state index in [1.54, 1.807) is 13.4 Å². The fourth-order valence-corrected chi connectivity index (χ4v) is 2.68. The number of nitrogens with zero attached hydrogens (tertiary/aromatic N) is 3. The molecule has 1 aliphatic heterocycles. The second-order valence-corrected chi connectivity index (χ2v) is 4.64. The highest BCUT2D eigenvalue weighted by Crippen LogP contribution is 2.29. The van der Waals surface area contributed by atoms with Gasteiger partial charge in [-0.1, -0.05) is 0 Å². The van der Waals surface area contributed by atoms with Crippen molar-refractivity contribution in [1.29, 1.82) is 0 Å². The molecule has 0 saturated carbocycles. The first-order valence-corrected chi connectivity index (χ1v) is 6.49. The van der Waals surface area contributed by atoms with Gasteiger partial charge in [-0.25, -0.2) is 9.97 Å². The number of rotatable bonds is 3. The van der Waals surface area contributed by atoms with E-state index >= 15 is 0 Å². The molecule has 1 aliphatic rings. The van der Waals surface area contributed by atoms with Crippen molar-refractivity contribution in [2.45, 2.75) is 32.2 Å². The third-order valence-corrected chi connectivity index (χ3v) is 3.64. The first-order valence-electron chi connectivity index (χ1n) is 5.96. The highest BCUT2D eigenvalue weighted by atomic mass is 35.5. The van der Waals surface area contributed by atoms with E-state index in [1.165, 1.54) is 12.8 Å². The highest BCUT2D eigenvalue weighted by molar-refractivity contribution is 6.18. The second-order valence-electron chi connectivity index (χ2n) is 4.33. The zero-order valence-electron chi connectivity index (χ0n) is 10.3. The lowest BCUT2D eigenvalue weighted by atomic mass is 10.0. The van der Waals surface area contributed by atoms with Crippen molar-refractivity contribution in [3.63, 3.8) is 0 Å². The molecular formula is C12H18ClN3O. The zero-order valence-corrected chi connectivity index (χ0v) is 11.1. The van der Waals surface area contributed by atoms with Gasteiger partial charge in [0.15, 0.2) is 0 Å². The number of alkyl halides is 1. The van der Waals surface area contributed by atoms with Crippen LogP contribution in [0.15, 0.2) is 6.33 Å². The van der Waals surface area contributed by atoms with Crippen molar-refractivity contribution in [2.24, 2.45) is 0 Å². The van der Waals surface area contributed by atoms with E-state index in [-0.39, 0.29) is 0 Å². The third kappa shape index (κ3) is 2.46. The summed E-state index contributed by atoms with van der Waals surface area (Å²) in [6.07, 6.45) is 5.13. The molecule has 1 fully saturated rings. The van der Waals surface area contributed by atoms with Crippen LogP contribution in [0, 0.1) is 6.92 Å². The Morgan fingerprint density at radius 2 is 2.29 bits per heavy atom. The smallest absolute Gasteiger partial charge is 0.221 e. The summed E-state index contributed by atoms with van der Waals surface area (Å²) in [4.78, 5) is 10.8. The molecule has 0 radical (unpaired) electrons. The Morgan fingerprint density at radius 3 is 3.00 bits per heavy atom. The van der Waals surface area contributed by atoms with Gasteiger partial charge in [-0.15, -0.1) is 11.6 Å². The van der Waals surface area contributed by atoms with Crippen LogP contribution in [0.5, 0.6) is 5.88 Å². The molecule has 5 heteroatoms. The number of hydrogen-bond donors (Lipinski definition) is 0. The van der Waals surface area contributed by atoms with Gasteiger partial charge >= 0.3 is 0 Å². The predicted octanol–water partition coefficient (Wildman–Crippen LogP) is 2.39. The molecule has 4 nitrogen and oxygen atoms in total. The van der Waals surface area contributed by atoms with Crippen molar-refractivity contribution in [3.05, 3.63) is 11.9 Å². The lowest BCUT2D eigenvalue weighted by Crippen LogP contribution is -2.41. The van der Waals surface area contributed by atoms with Gasteiger partial charge in [-0.3, -0.25) is 0 Å². The maximum Gasteiger partial charge on any atom is 0.221 e. The minimum atomic E-state index is 0.378. The summed E-state index contributed by atoms with van der Waals surface area (Å²) in [5.74, 6) is 2.25. The molecule has 0 aliphatic carbocycles. The molecule has 2 heterocycles. The first-order chi connectivity index (χ1) is 8.27. The van der Waals surface area contributed by atoms with Crippen LogP contribution in [0.25, 0.3) is 0 Å². The molecule has 0 N–H and O–H groups in total. The van der Waals surface area contributed by atoms with E-state index in [2.05, 4.69) is 14.9 Å². The minimum Gasteiger partial charge on any atom is -0.481 e. The summed E-state index contributed by atoms with van der Waals surface area (Å²) in [6.45, 7) is 3.01. The summed E-state index contributed by atoms with van der Waals surface area (Å²) in [5.41, 5.74) is 0.993. The molecule has 2 rings (SSSR count). The summed E-state index contributed by atoms with van der Waals surface area (Å²) in [6, 6.07) is 0.378. The van der Waals surface area contributed by atoms with E-state index < -0.39 is 0 Å². The molecule has 1 aromatic heterocycles. The topological polar surface area (TPSA) is 38.3 Å². The fourth-order valence-electron chi connectivity index (χ4n) is 2.36. The summed E-state index contributed by atoms with van der Waals surface area (Å²) < 4.78 is 5.23. The summed E-state index contributed by atoms with van der Waals surface area (Å²) in [5, 5.41) is 0. The van der Waals surface area contributed by atoms with Gasteiger partial charge in [-0.2, -0.15) is 0 Å². The molecule has 0 bridgehead atoms. The Labute approximate surface area is 107 Å². The largest absolute Gasteiger partial charge is 0.481 e. The Morgan fingerprint density at radius 1 is 1.47 bits per heavy atom. The monoisotopic (exact) mass is 255 g/mol. The van der Waals surface area contributed by atoms with E-state index in [9.17, 15) is 0 Å². The summed E-state index contributed by atoms with van der Waals surface area (Å²) >= 11 is 6.03. The van der Waals surface area contributed by atoms with Crippen molar-refractivity contribution in [2.75, 3.05) is 24.4 Å². The lowest BCUT2D eigenvalue weighted by Gasteiger charge is -2.36. The number of methoxy groups -OCH3 is 1. The normalized spacial score (nSPS) is 20.4. The molecule has 1 atom stereocenters. The van der Waals surface area contributed by atoms with Gasteiger partial charge in [0, 0.05) is 18.5 Å². The van der Waals surface area contributed by atoms with Gasteiger partial charge in [-0.05, 0) is 26.2 Å². The minimum absolute atomic E-state index is 0.378. The molecule has 0 spiro atoms. The van der Waals surface area contributed by atoms with Gasteiger partial charge in [0.25, 0.3) is 0 Å². The number of hydrogen-bond acceptors (Lipinski definition) is 4. The molecule has 0 amide bonds. The van der Waals surface area contributed by atoms with E-state index in [0.29, 0.717) is 17.8 Å². The van der Waals surface area contributed by atoms with E-state index in [1.807, 2.05) is 6.92 Å². The maximum atomic E-state index is 6.03. The zero-order chi connectivity index (χ0) is 12.3. The van der Waals surface area contributed by atoms with E-state index in [4.69, 9.17) is 16.3 Å². The second kappa shape index (κ2) is 5.54. The van der Waals surface area contributed by atoms with Crippen LogP contribution >= 0.6 is 11.6 Å². The molecule has 1 saturated heterocycles. The standard InChI is InChI=1S/C12H18ClN3O/c1-9-11(14-8-15-12(9)17-2)16-6-4-3-5-10(16)7-13/h8,10H,3-7H2,1-2H3. The van der Waals surface area contributed by atoms with Gasteiger partial charge < -0.3 is 9.64 Å². The van der Waals surface area contributed by atoms with Crippen LogP contribution < -0.4 is 9.64 Å². The van der Waals surface area contributed by atoms with Crippen molar-refractivity contribution in [3.8, 4) is 5.88 Å². The highest BCUT2D eigenvalue weighted by Gasteiger charge is 2.25. The number of halogens is 1. The molecule has 0 aromatic carbocycles. The van der Waals surface area contributed by atoms with Crippen LogP contribution in [0.1, 0.15) is 24.8 Å². The Hall–Kier alpha value is -1.03. The molecule has 1 aromatic rings.